The predicted octanol–water partition coefficient (Wildman–Crippen LogP) is 4.98. The molecule has 0 saturated carbocycles. The SMILES string of the molecule is Cc1cc(OCC(=O)c2ccc(Br)cc2)cc(C)c1Cl. The minimum atomic E-state index is -0.0530. The quantitative estimate of drug-likeness (QED) is 0.725. The first-order valence-corrected chi connectivity index (χ1v) is 7.33. The van der Waals surface area contributed by atoms with E-state index in [0.717, 1.165) is 20.6 Å². The Morgan fingerprint density at radius 2 is 1.70 bits per heavy atom. The van der Waals surface area contributed by atoms with Gasteiger partial charge >= 0.3 is 0 Å². The molecule has 0 aliphatic carbocycles. The van der Waals surface area contributed by atoms with Gasteiger partial charge in [-0.1, -0.05) is 39.7 Å². The molecule has 0 radical (unpaired) electrons. The van der Waals surface area contributed by atoms with Crippen molar-refractivity contribution < 1.29 is 9.53 Å². The molecule has 2 nitrogen and oxygen atoms in total. The number of aryl methyl sites for hydroxylation is 2. The average molecular weight is 354 g/mol. The molecule has 0 N–H and O–H groups in total. The van der Waals surface area contributed by atoms with Crippen LogP contribution in [0.4, 0.5) is 0 Å². The van der Waals surface area contributed by atoms with E-state index in [2.05, 4.69) is 15.9 Å². The Bertz CT molecular complexity index is 612. The third kappa shape index (κ3) is 3.62. The van der Waals surface area contributed by atoms with Gasteiger partial charge in [0, 0.05) is 15.1 Å². The van der Waals surface area contributed by atoms with Gasteiger partial charge in [-0.2, -0.15) is 0 Å². The summed E-state index contributed by atoms with van der Waals surface area (Å²) in [7, 11) is 0. The molecule has 0 bridgehead atoms. The lowest BCUT2D eigenvalue weighted by Crippen LogP contribution is -2.11. The number of ether oxygens (including phenoxy) is 1. The Morgan fingerprint density at radius 3 is 2.25 bits per heavy atom. The molecule has 104 valence electrons. The Hall–Kier alpha value is -1.32. The van der Waals surface area contributed by atoms with Crippen molar-refractivity contribution in [1.82, 2.24) is 0 Å². The van der Waals surface area contributed by atoms with Crippen LogP contribution in [0.1, 0.15) is 21.5 Å². The molecule has 0 saturated heterocycles. The van der Waals surface area contributed by atoms with Crippen LogP contribution in [-0.2, 0) is 0 Å². The van der Waals surface area contributed by atoms with Crippen LogP contribution in [0.15, 0.2) is 40.9 Å². The van der Waals surface area contributed by atoms with Crippen LogP contribution in [0.3, 0.4) is 0 Å². The van der Waals surface area contributed by atoms with E-state index in [-0.39, 0.29) is 12.4 Å². The lowest BCUT2D eigenvalue weighted by molar-refractivity contribution is 0.0921. The van der Waals surface area contributed by atoms with E-state index in [0.29, 0.717) is 11.3 Å². The molecule has 0 unspecified atom stereocenters. The smallest absolute Gasteiger partial charge is 0.200 e. The topological polar surface area (TPSA) is 26.3 Å². The van der Waals surface area contributed by atoms with Gasteiger partial charge in [0.2, 0.25) is 0 Å². The lowest BCUT2D eigenvalue weighted by Gasteiger charge is -2.09. The number of Topliss-reactive ketones (excluding diaryl/α,β-unsaturated/α-hetero) is 1. The Labute approximate surface area is 131 Å². The maximum Gasteiger partial charge on any atom is 0.200 e. The second-order valence-corrected chi connectivity index (χ2v) is 5.88. The first-order chi connectivity index (χ1) is 9.47. The Kier molecular flexibility index (Phi) is 4.84. The van der Waals surface area contributed by atoms with Crippen molar-refractivity contribution in [3.05, 3.63) is 62.6 Å². The number of carbonyl (C=O) groups is 1. The van der Waals surface area contributed by atoms with Crippen molar-refractivity contribution in [3.63, 3.8) is 0 Å². The van der Waals surface area contributed by atoms with Crippen molar-refractivity contribution in [1.29, 1.82) is 0 Å². The van der Waals surface area contributed by atoms with E-state index < -0.39 is 0 Å². The van der Waals surface area contributed by atoms with Gasteiger partial charge in [-0.05, 0) is 49.2 Å². The number of carbonyl (C=O) groups excluding carboxylic acids is 1. The van der Waals surface area contributed by atoms with Crippen LogP contribution >= 0.6 is 27.5 Å². The molecule has 0 aliphatic heterocycles. The monoisotopic (exact) mass is 352 g/mol. The van der Waals surface area contributed by atoms with Crippen LogP contribution in [0.2, 0.25) is 5.02 Å². The van der Waals surface area contributed by atoms with Crippen molar-refractivity contribution in [2.24, 2.45) is 0 Å². The fraction of sp³-hybridized carbons (Fsp3) is 0.188. The van der Waals surface area contributed by atoms with E-state index in [9.17, 15) is 4.79 Å². The zero-order chi connectivity index (χ0) is 14.7. The van der Waals surface area contributed by atoms with Gasteiger partial charge in [-0.25, -0.2) is 0 Å². The van der Waals surface area contributed by atoms with Gasteiger partial charge in [0.15, 0.2) is 12.4 Å². The highest BCUT2D eigenvalue weighted by Gasteiger charge is 2.08. The highest BCUT2D eigenvalue weighted by atomic mass is 79.9. The summed E-state index contributed by atoms with van der Waals surface area (Å²) in [6.45, 7) is 3.85. The molecule has 2 aromatic rings. The number of ketones is 1. The van der Waals surface area contributed by atoms with Crippen LogP contribution in [0.25, 0.3) is 0 Å². The van der Waals surface area contributed by atoms with Crippen LogP contribution in [-0.4, -0.2) is 12.4 Å². The molecule has 0 heterocycles. The van der Waals surface area contributed by atoms with Crippen LogP contribution in [0, 0.1) is 13.8 Å². The summed E-state index contributed by atoms with van der Waals surface area (Å²) in [4.78, 5) is 12.0. The van der Waals surface area contributed by atoms with Gasteiger partial charge in [-0.3, -0.25) is 4.79 Å². The summed E-state index contributed by atoms with van der Waals surface area (Å²) < 4.78 is 6.49. The highest BCUT2D eigenvalue weighted by Crippen LogP contribution is 2.26. The largest absolute Gasteiger partial charge is 0.485 e. The van der Waals surface area contributed by atoms with E-state index >= 15 is 0 Å². The molecule has 0 aromatic heterocycles. The summed E-state index contributed by atoms with van der Waals surface area (Å²) >= 11 is 9.43. The fourth-order valence-electron chi connectivity index (χ4n) is 1.86. The third-order valence-corrected chi connectivity index (χ3v) is 4.07. The minimum Gasteiger partial charge on any atom is -0.485 e. The van der Waals surface area contributed by atoms with E-state index in [1.165, 1.54) is 0 Å². The minimum absolute atomic E-state index is 0.0160. The number of rotatable bonds is 4. The number of hydrogen-bond acceptors (Lipinski definition) is 2. The molecule has 4 heteroatoms. The standard InChI is InChI=1S/C16H14BrClO2/c1-10-7-14(8-11(2)16(10)18)20-9-15(19)12-3-5-13(17)6-4-12/h3-8H,9H2,1-2H3. The number of hydrogen-bond donors (Lipinski definition) is 0. The van der Waals surface area contributed by atoms with Crippen LogP contribution < -0.4 is 4.74 Å². The van der Waals surface area contributed by atoms with Crippen LogP contribution in [0.5, 0.6) is 5.75 Å². The predicted molar refractivity (Wildman–Crippen MR) is 84.9 cm³/mol. The Balaban J connectivity index is 2.05. The van der Waals surface area contributed by atoms with Crippen molar-refractivity contribution in [3.8, 4) is 5.75 Å². The number of benzene rings is 2. The first-order valence-electron chi connectivity index (χ1n) is 6.15. The van der Waals surface area contributed by atoms with Crippen molar-refractivity contribution in [2.75, 3.05) is 6.61 Å². The molecule has 0 spiro atoms. The van der Waals surface area contributed by atoms with Gasteiger partial charge < -0.3 is 4.74 Å². The zero-order valence-electron chi connectivity index (χ0n) is 11.2. The van der Waals surface area contributed by atoms with Gasteiger partial charge in [0.05, 0.1) is 0 Å². The fourth-order valence-corrected chi connectivity index (χ4v) is 2.23. The summed E-state index contributed by atoms with van der Waals surface area (Å²) in [5.41, 5.74) is 2.52. The summed E-state index contributed by atoms with van der Waals surface area (Å²) in [5.74, 6) is 0.609. The van der Waals surface area contributed by atoms with Gasteiger partial charge in [-0.15, -0.1) is 0 Å². The van der Waals surface area contributed by atoms with Crippen molar-refractivity contribution >= 4 is 33.3 Å². The molecule has 0 fully saturated rings. The summed E-state index contributed by atoms with van der Waals surface area (Å²) in [5, 5.41) is 0.733. The van der Waals surface area contributed by atoms with E-state index in [1.807, 2.05) is 38.1 Å². The first kappa shape index (κ1) is 15.1. The second kappa shape index (κ2) is 6.42. The molecule has 0 atom stereocenters. The van der Waals surface area contributed by atoms with E-state index in [1.54, 1.807) is 12.1 Å². The van der Waals surface area contributed by atoms with Crippen molar-refractivity contribution in [2.45, 2.75) is 13.8 Å². The average Bonchev–Trinajstić information content (AvgIpc) is 2.42. The summed E-state index contributed by atoms with van der Waals surface area (Å²) in [6, 6.07) is 10.9. The Morgan fingerprint density at radius 1 is 1.15 bits per heavy atom. The molecule has 2 rings (SSSR count). The normalized spacial score (nSPS) is 10.4. The molecule has 0 aliphatic rings. The maximum absolute atomic E-state index is 12.0. The third-order valence-electron chi connectivity index (χ3n) is 2.95. The molecular formula is C16H14BrClO2. The number of halogens is 2. The molecular weight excluding hydrogens is 340 g/mol. The lowest BCUT2D eigenvalue weighted by atomic mass is 10.1. The second-order valence-electron chi connectivity index (χ2n) is 4.59. The highest BCUT2D eigenvalue weighted by molar-refractivity contribution is 9.10. The zero-order valence-corrected chi connectivity index (χ0v) is 13.6. The van der Waals surface area contributed by atoms with Gasteiger partial charge in [0.1, 0.15) is 5.75 Å². The molecule has 0 amide bonds. The van der Waals surface area contributed by atoms with Gasteiger partial charge in [0.25, 0.3) is 0 Å². The molecule has 20 heavy (non-hydrogen) atoms. The molecule has 2 aromatic carbocycles. The maximum atomic E-state index is 12.0. The summed E-state index contributed by atoms with van der Waals surface area (Å²) in [6.07, 6.45) is 0. The van der Waals surface area contributed by atoms with E-state index in [4.69, 9.17) is 16.3 Å².